The molecule has 0 N–H and O–H groups in total. The van der Waals surface area contributed by atoms with Crippen molar-refractivity contribution in [3.8, 4) is 0 Å². The fraction of sp³-hybridized carbons (Fsp3) is 1.00. The first-order valence-corrected chi connectivity index (χ1v) is 6.13. The molecule has 0 aromatic rings. The van der Waals surface area contributed by atoms with E-state index in [2.05, 4.69) is 27.7 Å². The Morgan fingerprint density at radius 2 is 1.77 bits per heavy atom. The second-order valence-corrected chi connectivity index (χ2v) is 5.40. The molecule has 0 bridgehead atoms. The summed E-state index contributed by atoms with van der Waals surface area (Å²) in [4.78, 5) is 0. The first-order chi connectivity index (χ1) is 6.13. The van der Waals surface area contributed by atoms with Crippen molar-refractivity contribution in [2.45, 2.75) is 59.8 Å². The molecule has 0 aliphatic heterocycles. The zero-order chi connectivity index (χ0) is 9.84. The Bertz CT molecular complexity index is 139. The first-order valence-electron chi connectivity index (χ1n) is 6.13. The highest BCUT2D eigenvalue weighted by atomic mass is 14.3. The second kappa shape index (κ2) is 5.02. The highest BCUT2D eigenvalue weighted by Crippen LogP contribution is 2.35. The maximum atomic E-state index is 2.44. The molecule has 78 valence electrons. The fourth-order valence-electron chi connectivity index (χ4n) is 2.88. The SMILES string of the molecule is CCC(C)C1CCC(C)CC(C)C1. The molecular formula is C13H26. The normalized spacial score (nSPS) is 38.3. The average Bonchev–Trinajstić information content (AvgIpc) is 2.25. The van der Waals surface area contributed by atoms with Gasteiger partial charge >= 0.3 is 0 Å². The smallest absolute Gasteiger partial charge is 0.0386 e. The van der Waals surface area contributed by atoms with Gasteiger partial charge < -0.3 is 0 Å². The summed E-state index contributed by atoms with van der Waals surface area (Å²) in [5.41, 5.74) is 0. The molecule has 0 heterocycles. The molecule has 4 unspecified atom stereocenters. The van der Waals surface area contributed by atoms with Crippen LogP contribution >= 0.6 is 0 Å². The highest BCUT2D eigenvalue weighted by molar-refractivity contribution is 4.75. The average molecular weight is 182 g/mol. The van der Waals surface area contributed by atoms with E-state index in [4.69, 9.17) is 0 Å². The third-order valence-corrected chi connectivity index (χ3v) is 3.99. The lowest BCUT2D eigenvalue weighted by atomic mass is 9.83. The van der Waals surface area contributed by atoms with Gasteiger partial charge in [0.2, 0.25) is 0 Å². The van der Waals surface area contributed by atoms with Gasteiger partial charge in [-0.2, -0.15) is 0 Å². The van der Waals surface area contributed by atoms with Crippen molar-refractivity contribution < 1.29 is 0 Å². The Kier molecular flexibility index (Phi) is 4.28. The molecule has 0 spiro atoms. The monoisotopic (exact) mass is 182 g/mol. The molecule has 0 nitrogen and oxygen atoms in total. The zero-order valence-electron chi connectivity index (χ0n) is 9.84. The summed E-state index contributed by atoms with van der Waals surface area (Å²) in [5.74, 6) is 3.92. The van der Waals surface area contributed by atoms with Gasteiger partial charge in [0.25, 0.3) is 0 Å². The third-order valence-electron chi connectivity index (χ3n) is 3.99. The van der Waals surface area contributed by atoms with E-state index in [0.717, 1.165) is 23.7 Å². The van der Waals surface area contributed by atoms with E-state index in [9.17, 15) is 0 Å². The Labute approximate surface area is 84.1 Å². The molecule has 0 aromatic carbocycles. The van der Waals surface area contributed by atoms with Crippen molar-refractivity contribution in [3.05, 3.63) is 0 Å². The van der Waals surface area contributed by atoms with Crippen LogP contribution in [-0.4, -0.2) is 0 Å². The van der Waals surface area contributed by atoms with Crippen LogP contribution in [0.15, 0.2) is 0 Å². The molecule has 1 aliphatic carbocycles. The Morgan fingerprint density at radius 1 is 1.08 bits per heavy atom. The van der Waals surface area contributed by atoms with Crippen LogP contribution in [-0.2, 0) is 0 Å². The van der Waals surface area contributed by atoms with Crippen molar-refractivity contribution in [2.75, 3.05) is 0 Å². The van der Waals surface area contributed by atoms with Crippen molar-refractivity contribution in [2.24, 2.45) is 23.7 Å². The minimum absolute atomic E-state index is 0.952. The Hall–Kier alpha value is 0. The molecule has 1 fully saturated rings. The number of hydrogen-bond donors (Lipinski definition) is 0. The third kappa shape index (κ3) is 3.32. The molecule has 1 aliphatic rings. The summed E-state index contributed by atoms with van der Waals surface area (Å²) in [6.45, 7) is 9.64. The lowest BCUT2D eigenvalue weighted by molar-refractivity contribution is 0.284. The molecule has 13 heavy (non-hydrogen) atoms. The number of hydrogen-bond acceptors (Lipinski definition) is 0. The van der Waals surface area contributed by atoms with Crippen LogP contribution in [0.4, 0.5) is 0 Å². The topological polar surface area (TPSA) is 0 Å². The summed E-state index contributed by atoms with van der Waals surface area (Å²) in [5, 5.41) is 0. The van der Waals surface area contributed by atoms with Crippen LogP contribution in [0.5, 0.6) is 0 Å². The maximum Gasteiger partial charge on any atom is -0.0386 e. The second-order valence-electron chi connectivity index (χ2n) is 5.40. The van der Waals surface area contributed by atoms with Gasteiger partial charge in [-0.25, -0.2) is 0 Å². The Balaban J connectivity index is 2.47. The standard InChI is InChI=1S/C13H26/c1-5-12(4)13-7-6-10(2)8-11(3)9-13/h10-13H,5-9H2,1-4H3. The molecule has 0 saturated heterocycles. The summed E-state index contributed by atoms with van der Waals surface area (Å²) in [6.07, 6.45) is 7.28. The van der Waals surface area contributed by atoms with Crippen LogP contribution in [0, 0.1) is 23.7 Å². The van der Waals surface area contributed by atoms with E-state index in [1.165, 1.54) is 32.1 Å². The molecule has 0 radical (unpaired) electrons. The van der Waals surface area contributed by atoms with Gasteiger partial charge in [-0.15, -0.1) is 0 Å². The van der Waals surface area contributed by atoms with Crippen LogP contribution in [0.25, 0.3) is 0 Å². The molecule has 0 heteroatoms. The molecule has 1 rings (SSSR count). The minimum atomic E-state index is 0.952. The molecule has 4 atom stereocenters. The molecule has 1 saturated carbocycles. The van der Waals surface area contributed by atoms with Crippen LogP contribution in [0.3, 0.4) is 0 Å². The van der Waals surface area contributed by atoms with Gasteiger partial charge in [0.05, 0.1) is 0 Å². The highest BCUT2D eigenvalue weighted by Gasteiger charge is 2.23. The van der Waals surface area contributed by atoms with Crippen molar-refractivity contribution in [1.29, 1.82) is 0 Å². The van der Waals surface area contributed by atoms with E-state index in [-0.39, 0.29) is 0 Å². The largest absolute Gasteiger partial charge is 0.0651 e. The minimum Gasteiger partial charge on any atom is -0.0651 e. The van der Waals surface area contributed by atoms with E-state index < -0.39 is 0 Å². The number of rotatable bonds is 2. The van der Waals surface area contributed by atoms with Crippen molar-refractivity contribution in [3.63, 3.8) is 0 Å². The maximum absolute atomic E-state index is 2.44. The van der Waals surface area contributed by atoms with E-state index >= 15 is 0 Å². The van der Waals surface area contributed by atoms with E-state index in [1.807, 2.05) is 0 Å². The predicted octanol–water partition coefficient (Wildman–Crippen LogP) is 4.49. The van der Waals surface area contributed by atoms with Crippen LogP contribution in [0.1, 0.15) is 59.8 Å². The van der Waals surface area contributed by atoms with Crippen LogP contribution in [0.2, 0.25) is 0 Å². The Morgan fingerprint density at radius 3 is 2.38 bits per heavy atom. The van der Waals surface area contributed by atoms with Gasteiger partial charge in [0.15, 0.2) is 0 Å². The molecule has 0 aromatic heterocycles. The zero-order valence-corrected chi connectivity index (χ0v) is 9.84. The van der Waals surface area contributed by atoms with E-state index in [1.54, 1.807) is 0 Å². The van der Waals surface area contributed by atoms with Crippen molar-refractivity contribution >= 4 is 0 Å². The predicted molar refractivity (Wildman–Crippen MR) is 59.7 cm³/mol. The lowest BCUT2D eigenvalue weighted by Crippen LogP contribution is -2.12. The van der Waals surface area contributed by atoms with Gasteiger partial charge in [-0.3, -0.25) is 0 Å². The molecular weight excluding hydrogens is 156 g/mol. The van der Waals surface area contributed by atoms with Gasteiger partial charge in [-0.05, 0) is 42.9 Å². The summed E-state index contributed by atoms with van der Waals surface area (Å²) in [6, 6.07) is 0. The van der Waals surface area contributed by atoms with Gasteiger partial charge in [0.1, 0.15) is 0 Å². The van der Waals surface area contributed by atoms with Crippen molar-refractivity contribution in [1.82, 2.24) is 0 Å². The lowest BCUT2D eigenvalue weighted by Gasteiger charge is -2.22. The summed E-state index contributed by atoms with van der Waals surface area (Å²) >= 11 is 0. The summed E-state index contributed by atoms with van der Waals surface area (Å²) in [7, 11) is 0. The van der Waals surface area contributed by atoms with Crippen LogP contribution < -0.4 is 0 Å². The molecule has 0 amide bonds. The van der Waals surface area contributed by atoms with Gasteiger partial charge in [-0.1, -0.05) is 40.5 Å². The van der Waals surface area contributed by atoms with E-state index in [0.29, 0.717) is 0 Å². The summed E-state index contributed by atoms with van der Waals surface area (Å²) < 4.78 is 0. The first kappa shape index (κ1) is 11.1. The fourth-order valence-corrected chi connectivity index (χ4v) is 2.88. The van der Waals surface area contributed by atoms with Gasteiger partial charge in [0, 0.05) is 0 Å². The quantitative estimate of drug-likeness (QED) is 0.552.